The normalized spacial score (nSPS) is 11.0. The minimum atomic E-state index is -0.661. The van der Waals surface area contributed by atoms with Gasteiger partial charge in [-0.2, -0.15) is 0 Å². The van der Waals surface area contributed by atoms with Gasteiger partial charge in [0.1, 0.15) is 17.2 Å². The van der Waals surface area contributed by atoms with E-state index in [0.717, 1.165) is 0 Å². The number of carbonyl (C=O) groups excluding carboxylic acids is 2. The smallest absolute Gasteiger partial charge is 0.412 e. The van der Waals surface area contributed by atoms with Crippen molar-refractivity contribution in [2.45, 2.75) is 32.8 Å². The highest BCUT2D eigenvalue weighted by molar-refractivity contribution is 5.99. The van der Waals surface area contributed by atoms with Crippen molar-refractivity contribution < 1.29 is 23.5 Å². The molecule has 0 saturated heterocycles. The summed E-state index contributed by atoms with van der Waals surface area (Å²) in [5, 5.41) is 2.63. The molecule has 0 saturated carbocycles. The monoisotopic (exact) mass is 359 g/mol. The van der Waals surface area contributed by atoms with Crippen LogP contribution in [0.2, 0.25) is 0 Å². The summed E-state index contributed by atoms with van der Waals surface area (Å²) in [6.07, 6.45) is -0.721. The van der Waals surface area contributed by atoms with E-state index in [4.69, 9.17) is 9.47 Å². The van der Waals surface area contributed by atoms with Crippen molar-refractivity contribution in [1.82, 2.24) is 0 Å². The second-order valence-electron chi connectivity index (χ2n) is 6.73. The maximum absolute atomic E-state index is 13.8. The lowest BCUT2D eigenvalue weighted by Gasteiger charge is -2.20. The van der Waals surface area contributed by atoms with E-state index in [0.29, 0.717) is 17.0 Å². The lowest BCUT2D eigenvalue weighted by molar-refractivity contribution is 0.0635. The fourth-order valence-corrected chi connectivity index (χ4v) is 2.32. The van der Waals surface area contributed by atoms with Gasteiger partial charge in [0.15, 0.2) is 5.78 Å². The van der Waals surface area contributed by atoms with E-state index >= 15 is 0 Å². The van der Waals surface area contributed by atoms with Gasteiger partial charge in [-0.15, -0.1) is 0 Å². The molecule has 0 aromatic heterocycles. The highest BCUT2D eigenvalue weighted by atomic mass is 19.1. The Bertz CT molecular complexity index is 812. The van der Waals surface area contributed by atoms with Gasteiger partial charge in [-0.05, 0) is 44.5 Å². The first kappa shape index (κ1) is 19.4. The minimum absolute atomic E-state index is 0.00605. The van der Waals surface area contributed by atoms with E-state index in [1.54, 1.807) is 45.0 Å². The van der Waals surface area contributed by atoms with Crippen molar-refractivity contribution in [3.05, 3.63) is 59.4 Å². The molecule has 0 aliphatic heterocycles. The molecular formula is C20H22FNO4. The Labute approximate surface area is 152 Å². The third kappa shape index (κ3) is 5.31. The predicted octanol–water partition coefficient (Wildman–Crippen LogP) is 4.61. The number of rotatable bonds is 5. The number of Topliss-reactive ketones (excluding diaryl/α,β-unsaturated/α-hetero) is 1. The van der Waals surface area contributed by atoms with Crippen LogP contribution in [0.3, 0.4) is 0 Å². The molecule has 0 aliphatic rings. The topological polar surface area (TPSA) is 64.6 Å². The third-order valence-corrected chi connectivity index (χ3v) is 3.48. The molecule has 0 aliphatic carbocycles. The fraction of sp³-hybridized carbons (Fsp3) is 0.300. The zero-order valence-corrected chi connectivity index (χ0v) is 15.3. The van der Waals surface area contributed by atoms with Gasteiger partial charge >= 0.3 is 6.09 Å². The molecule has 0 heterocycles. The molecule has 138 valence electrons. The van der Waals surface area contributed by atoms with Crippen LogP contribution in [0, 0.1) is 5.82 Å². The van der Waals surface area contributed by atoms with Crippen molar-refractivity contribution in [3.8, 4) is 5.75 Å². The summed E-state index contributed by atoms with van der Waals surface area (Å²) in [5.74, 6) is -0.452. The summed E-state index contributed by atoms with van der Waals surface area (Å²) in [7, 11) is 1.50. The summed E-state index contributed by atoms with van der Waals surface area (Å²) >= 11 is 0. The SMILES string of the molecule is COc1ccc(CC(=O)c2ccccc2F)c(NC(=O)OC(C)(C)C)c1. The van der Waals surface area contributed by atoms with E-state index in [9.17, 15) is 14.0 Å². The number of benzene rings is 2. The van der Waals surface area contributed by atoms with E-state index in [2.05, 4.69) is 5.32 Å². The highest BCUT2D eigenvalue weighted by Gasteiger charge is 2.19. The quantitative estimate of drug-likeness (QED) is 0.792. The van der Waals surface area contributed by atoms with Crippen LogP contribution in [0.5, 0.6) is 5.75 Å². The van der Waals surface area contributed by atoms with Gasteiger partial charge in [0.05, 0.1) is 18.4 Å². The average molecular weight is 359 g/mol. The summed E-state index contributed by atoms with van der Waals surface area (Å²) in [6, 6.07) is 10.7. The van der Waals surface area contributed by atoms with Crippen LogP contribution in [0.4, 0.5) is 14.9 Å². The summed E-state index contributed by atoms with van der Waals surface area (Å²) in [4.78, 5) is 24.5. The third-order valence-electron chi connectivity index (χ3n) is 3.48. The number of ether oxygens (including phenoxy) is 2. The van der Waals surface area contributed by atoms with Crippen LogP contribution in [-0.4, -0.2) is 24.6 Å². The van der Waals surface area contributed by atoms with Crippen LogP contribution < -0.4 is 10.1 Å². The first-order valence-corrected chi connectivity index (χ1v) is 8.14. The van der Waals surface area contributed by atoms with Gasteiger partial charge in [-0.1, -0.05) is 18.2 Å². The predicted molar refractivity (Wildman–Crippen MR) is 97.3 cm³/mol. The maximum atomic E-state index is 13.8. The Hall–Kier alpha value is -2.89. The van der Waals surface area contributed by atoms with E-state index in [1.165, 1.54) is 25.3 Å². The standard InChI is InChI=1S/C20H22FNO4/c1-20(2,3)26-19(24)22-17-12-14(25-4)10-9-13(17)11-18(23)15-7-5-6-8-16(15)21/h5-10,12H,11H2,1-4H3,(H,22,24). The number of halogens is 1. The number of hydrogen-bond acceptors (Lipinski definition) is 4. The zero-order valence-electron chi connectivity index (χ0n) is 15.3. The van der Waals surface area contributed by atoms with Crippen LogP contribution in [-0.2, 0) is 11.2 Å². The number of hydrogen-bond donors (Lipinski definition) is 1. The van der Waals surface area contributed by atoms with Crippen molar-refractivity contribution in [2.75, 3.05) is 12.4 Å². The maximum Gasteiger partial charge on any atom is 0.412 e. The van der Waals surface area contributed by atoms with Crippen molar-refractivity contribution in [2.24, 2.45) is 0 Å². The molecule has 1 N–H and O–H groups in total. The van der Waals surface area contributed by atoms with E-state index in [1.807, 2.05) is 0 Å². The van der Waals surface area contributed by atoms with Gasteiger partial charge in [-0.25, -0.2) is 9.18 Å². The molecule has 0 spiro atoms. The second kappa shape index (κ2) is 7.99. The Morgan fingerprint density at radius 1 is 1.12 bits per heavy atom. The molecule has 26 heavy (non-hydrogen) atoms. The summed E-state index contributed by atoms with van der Waals surface area (Å²) in [6.45, 7) is 5.25. The van der Waals surface area contributed by atoms with Crippen molar-refractivity contribution in [3.63, 3.8) is 0 Å². The number of amides is 1. The van der Waals surface area contributed by atoms with Gasteiger partial charge in [0.25, 0.3) is 0 Å². The molecule has 6 heteroatoms. The Balaban J connectivity index is 2.26. The van der Waals surface area contributed by atoms with Crippen LogP contribution in [0.25, 0.3) is 0 Å². The Morgan fingerprint density at radius 2 is 1.81 bits per heavy atom. The molecule has 2 rings (SSSR count). The van der Waals surface area contributed by atoms with Gasteiger partial charge in [-0.3, -0.25) is 10.1 Å². The molecular weight excluding hydrogens is 337 g/mol. The van der Waals surface area contributed by atoms with Crippen LogP contribution in [0.15, 0.2) is 42.5 Å². The Morgan fingerprint density at radius 3 is 2.42 bits per heavy atom. The van der Waals surface area contributed by atoms with Crippen molar-refractivity contribution >= 4 is 17.6 Å². The molecule has 0 fully saturated rings. The molecule has 2 aromatic rings. The fourth-order valence-electron chi connectivity index (χ4n) is 2.32. The second-order valence-corrected chi connectivity index (χ2v) is 6.73. The first-order valence-electron chi connectivity index (χ1n) is 8.14. The summed E-state index contributed by atoms with van der Waals surface area (Å²) in [5.41, 5.74) is 0.256. The van der Waals surface area contributed by atoms with Gasteiger partial charge in [0.2, 0.25) is 0 Å². The Kier molecular flexibility index (Phi) is 5.97. The number of carbonyl (C=O) groups is 2. The molecule has 0 atom stereocenters. The van der Waals surface area contributed by atoms with Crippen LogP contribution in [0.1, 0.15) is 36.7 Å². The minimum Gasteiger partial charge on any atom is -0.497 e. The molecule has 5 nitrogen and oxygen atoms in total. The largest absolute Gasteiger partial charge is 0.497 e. The lowest BCUT2D eigenvalue weighted by atomic mass is 10.0. The first-order chi connectivity index (χ1) is 12.2. The number of anilines is 1. The highest BCUT2D eigenvalue weighted by Crippen LogP contribution is 2.25. The lowest BCUT2D eigenvalue weighted by Crippen LogP contribution is -2.27. The van der Waals surface area contributed by atoms with Crippen molar-refractivity contribution in [1.29, 1.82) is 0 Å². The molecule has 1 amide bonds. The number of methoxy groups -OCH3 is 1. The zero-order chi connectivity index (χ0) is 19.3. The average Bonchev–Trinajstić information content (AvgIpc) is 2.55. The number of ketones is 1. The number of nitrogens with one attached hydrogen (secondary N) is 1. The van der Waals surface area contributed by atoms with E-state index in [-0.39, 0.29) is 17.8 Å². The summed E-state index contributed by atoms with van der Waals surface area (Å²) < 4.78 is 24.2. The molecule has 0 bridgehead atoms. The molecule has 0 radical (unpaired) electrons. The van der Waals surface area contributed by atoms with Crippen LogP contribution >= 0.6 is 0 Å². The van der Waals surface area contributed by atoms with Gasteiger partial charge in [0, 0.05) is 12.5 Å². The van der Waals surface area contributed by atoms with Gasteiger partial charge < -0.3 is 9.47 Å². The molecule has 2 aromatic carbocycles. The van der Waals surface area contributed by atoms with E-state index < -0.39 is 17.5 Å². The molecule has 0 unspecified atom stereocenters.